The Morgan fingerprint density at radius 3 is 2.25 bits per heavy atom. The van der Waals surface area contributed by atoms with E-state index in [0.717, 1.165) is 9.79 Å². The number of rotatable bonds is 7. The van der Waals surface area contributed by atoms with Gasteiger partial charge in [0.05, 0.1) is 0 Å². The Bertz CT molecular complexity index is 308. The van der Waals surface area contributed by atoms with Gasteiger partial charge in [-0.1, -0.05) is 45.1 Å². The lowest BCUT2D eigenvalue weighted by molar-refractivity contribution is 0.607. The van der Waals surface area contributed by atoms with Crippen LogP contribution in [0.25, 0.3) is 0 Å². The molecule has 0 fully saturated rings. The van der Waals surface area contributed by atoms with Crippen molar-refractivity contribution in [2.24, 2.45) is 0 Å². The molecule has 0 unspecified atom stereocenters. The van der Waals surface area contributed by atoms with Crippen LogP contribution in [0.3, 0.4) is 0 Å². The molecule has 0 aliphatic carbocycles. The van der Waals surface area contributed by atoms with E-state index in [-0.39, 0.29) is 0 Å². The molecule has 0 radical (unpaired) electrons. The van der Waals surface area contributed by atoms with Gasteiger partial charge in [0.2, 0.25) is 0 Å². The normalized spacial score (nSPS) is 10.7. The standard InChI is InChI=1S/C14H22S2/c1-2-3-4-5-6-7-8-12-9-10-13(15)14(16)11-12/h9-11,15-16H,2-8H2,1H3. The van der Waals surface area contributed by atoms with E-state index in [1.165, 1.54) is 50.5 Å². The summed E-state index contributed by atoms with van der Waals surface area (Å²) in [4.78, 5) is 1.96. The van der Waals surface area contributed by atoms with Gasteiger partial charge >= 0.3 is 0 Å². The molecule has 0 bridgehead atoms. The summed E-state index contributed by atoms with van der Waals surface area (Å²) in [7, 11) is 0. The maximum Gasteiger partial charge on any atom is 0.0176 e. The van der Waals surface area contributed by atoms with Gasteiger partial charge < -0.3 is 0 Å². The summed E-state index contributed by atoms with van der Waals surface area (Å²) in [5.41, 5.74) is 1.39. The fourth-order valence-electron chi connectivity index (χ4n) is 1.83. The molecule has 0 atom stereocenters. The molecule has 0 saturated heterocycles. The SMILES string of the molecule is CCCCCCCCc1ccc(S)c(S)c1. The summed E-state index contributed by atoms with van der Waals surface area (Å²) in [6, 6.07) is 6.34. The van der Waals surface area contributed by atoms with Gasteiger partial charge in [0.1, 0.15) is 0 Å². The maximum absolute atomic E-state index is 4.38. The molecule has 0 aliphatic heterocycles. The zero-order chi connectivity index (χ0) is 11.8. The summed E-state index contributed by atoms with van der Waals surface area (Å²) in [6.45, 7) is 2.26. The van der Waals surface area contributed by atoms with Crippen molar-refractivity contribution < 1.29 is 0 Å². The summed E-state index contributed by atoms with van der Waals surface area (Å²) >= 11 is 8.70. The fourth-order valence-corrected chi connectivity index (χ4v) is 2.21. The van der Waals surface area contributed by atoms with Crippen LogP contribution in [-0.4, -0.2) is 0 Å². The largest absolute Gasteiger partial charge is 0.142 e. The molecule has 0 aromatic heterocycles. The molecule has 1 aromatic carbocycles. The Hall–Kier alpha value is -0.0800. The minimum Gasteiger partial charge on any atom is -0.142 e. The van der Waals surface area contributed by atoms with E-state index >= 15 is 0 Å². The van der Waals surface area contributed by atoms with Gasteiger partial charge in [-0.05, 0) is 30.5 Å². The molecular formula is C14H22S2. The number of hydrogen-bond donors (Lipinski definition) is 2. The van der Waals surface area contributed by atoms with Crippen molar-refractivity contribution in [2.75, 3.05) is 0 Å². The highest BCUT2D eigenvalue weighted by Crippen LogP contribution is 2.20. The van der Waals surface area contributed by atoms with Gasteiger partial charge in [0, 0.05) is 9.79 Å². The summed E-state index contributed by atoms with van der Waals surface area (Å²) in [5, 5.41) is 0. The van der Waals surface area contributed by atoms with Gasteiger partial charge in [-0.25, -0.2) is 0 Å². The van der Waals surface area contributed by atoms with E-state index in [1.807, 2.05) is 6.07 Å². The molecule has 0 N–H and O–H groups in total. The Labute approximate surface area is 111 Å². The molecule has 0 heterocycles. The Morgan fingerprint density at radius 1 is 0.875 bits per heavy atom. The third-order valence-electron chi connectivity index (χ3n) is 2.86. The molecular weight excluding hydrogens is 232 g/mol. The quantitative estimate of drug-likeness (QED) is 0.487. The van der Waals surface area contributed by atoms with Crippen molar-refractivity contribution in [1.29, 1.82) is 0 Å². The second-order valence-corrected chi connectivity index (χ2v) is 5.30. The van der Waals surface area contributed by atoms with Crippen molar-refractivity contribution >= 4 is 25.3 Å². The summed E-state index contributed by atoms with van der Waals surface area (Å²) in [5.74, 6) is 0. The first-order chi connectivity index (χ1) is 7.74. The Morgan fingerprint density at radius 2 is 1.56 bits per heavy atom. The lowest BCUT2D eigenvalue weighted by atomic mass is 10.1. The van der Waals surface area contributed by atoms with Crippen LogP contribution in [0.1, 0.15) is 51.0 Å². The van der Waals surface area contributed by atoms with E-state index in [4.69, 9.17) is 0 Å². The van der Waals surface area contributed by atoms with E-state index in [0.29, 0.717) is 0 Å². The van der Waals surface area contributed by atoms with Crippen LogP contribution in [0.4, 0.5) is 0 Å². The summed E-state index contributed by atoms with van der Waals surface area (Å²) in [6.07, 6.45) is 9.30. The molecule has 0 amide bonds. The fraction of sp³-hybridized carbons (Fsp3) is 0.571. The number of aryl methyl sites for hydroxylation is 1. The smallest absolute Gasteiger partial charge is 0.0176 e. The van der Waals surface area contributed by atoms with Crippen molar-refractivity contribution in [2.45, 2.75) is 61.7 Å². The van der Waals surface area contributed by atoms with E-state index in [2.05, 4.69) is 44.3 Å². The first-order valence-electron chi connectivity index (χ1n) is 6.25. The minimum atomic E-state index is 0.968. The zero-order valence-corrected chi connectivity index (χ0v) is 11.9. The van der Waals surface area contributed by atoms with Gasteiger partial charge in [0.15, 0.2) is 0 Å². The van der Waals surface area contributed by atoms with E-state index < -0.39 is 0 Å². The Balaban J connectivity index is 2.19. The second-order valence-electron chi connectivity index (χ2n) is 4.34. The predicted molar refractivity (Wildman–Crippen MR) is 78.0 cm³/mol. The topological polar surface area (TPSA) is 0 Å². The number of unbranched alkanes of at least 4 members (excludes halogenated alkanes) is 5. The molecule has 0 spiro atoms. The predicted octanol–water partition coefficient (Wildman–Crippen LogP) is 5.17. The van der Waals surface area contributed by atoms with Crippen molar-refractivity contribution in [1.82, 2.24) is 0 Å². The van der Waals surface area contributed by atoms with E-state index in [1.54, 1.807) is 0 Å². The second kappa shape index (κ2) is 8.08. The monoisotopic (exact) mass is 254 g/mol. The average molecular weight is 254 g/mol. The van der Waals surface area contributed by atoms with E-state index in [9.17, 15) is 0 Å². The van der Waals surface area contributed by atoms with Crippen molar-refractivity contribution in [3.63, 3.8) is 0 Å². The molecule has 1 rings (SSSR count). The maximum atomic E-state index is 4.38. The van der Waals surface area contributed by atoms with Crippen LogP contribution < -0.4 is 0 Å². The number of benzene rings is 1. The highest BCUT2D eigenvalue weighted by molar-refractivity contribution is 7.83. The van der Waals surface area contributed by atoms with Crippen LogP contribution in [0.5, 0.6) is 0 Å². The third-order valence-corrected chi connectivity index (χ3v) is 3.80. The molecule has 0 aliphatic rings. The van der Waals surface area contributed by atoms with Gasteiger partial charge in [0.25, 0.3) is 0 Å². The van der Waals surface area contributed by atoms with Crippen LogP contribution in [0.15, 0.2) is 28.0 Å². The van der Waals surface area contributed by atoms with Gasteiger partial charge in [-0.2, -0.15) is 0 Å². The molecule has 2 heteroatoms. The molecule has 90 valence electrons. The van der Waals surface area contributed by atoms with Gasteiger partial charge in [-0.3, -0.25) is 0 Å². The molecule has 16 heavy (non-hydrogen) atoms. The van der Waals surface area contributed by atoms with Crippen LogP contribution in [0, 0.1) is 0 Å². The number of hydrogen-bond acceptors (Lipinski definition) is 2. The van der Waals surface area contributed by atoms with Crippen LogP contribution >= 0.6 is 25.3 Å². The minimum absolute atomic E-state index is 0.968. The number of thiol groups is 2. The molecule has 0 saturated carbocycles. The first kappa shape index (κ1) is 14.0. The lowest BCUT2D eigenvalue weighted by Gasteiger charge is -2.04. The van der Waals surface area contributed by atoms with Crippen LogP contribution in [-0.2, 0) is 6.42 Å². The molecule has 1 aromatic rings. The van der Waals surface area contributed by atoms with Gasteiger partial charge in [-0.15, -0.1) is 25.3 Å². The Kier molecular flexibility index (Phi) is 7.06. The lowest BCUT2D eigenvalue weighted by Crippen LogP contribution is -1.87. The highest BCUT2D eigenvalue weighted by atomic mass is 32.1. The van der Waals surface area contributed by atoms with Crippen molar-refractivity contribution in [3.8, 4) is 0 Å². The third kappa shape index (κ3) is 5.31. The average Bonchev–Trinajstić information content (AvgIpc) is 2.28. The van der Waals surface area contributed by atoms with Crippen molar-refractivity contribution in [3.05, 3.63) is 23.8 Å². The highest BCUT2D eigenvalue weighted by Gasteiger charge is 1.98. The first-order valence-corrected chi connectivity index (χ1v) is 7.14. The summed E-state index contributed by atoms with van der Waals surface area (Å²) < 4.78 is 0. The molecule has 0 nitrogen and oxygen atoms in total. The zero-order valence-electron chi connectivity index (χ0n) is 10.1. The van der Waals surface area contributed by atoms with Crippen LogP contribution in [0.2, 0.25) is 0 Å².